The molecular weight excluding hydrogens is 319 g/mol. The Hall–Kier alpha value is -2.43. The van der Waals surface area contributed by atoms with Crippen LogP contribution in [0, 0.1) is 0 Å². The number of hydrogen-bond donors (Lipinski definition) is 2. The SMILES string of the molecule is CC1(C)N=C(C(N)=O)c2ncn(CCO)c2N1C(=O)C(F)(F)F. The zero-order valence-corrected chi connectivity index (χ0v) is 12.3. The van der Waals surface area contributed by atoms with Gasteiger partial charge in [-0.25, -0.2) is 9.98 Å². The maximum atomic E-state index is 12.9. The minimum absolute atomic E-state index is 0.119. The summed E-state index contributed by atoms with van der Waals surface area (Å²) in [4.78, 5) is 31.4. The molecule has 3 N–H and O–H groups in total. The van der Waals surface area contributed by atoms with Gasteiger partial charge in [-0.15, -0.1) is 0 Å². The molecule has 1 aliphatic heterocycles. The van der Waals surface area contributed by atoms with E-state index < -0.39 is 30.3 Å². The normalized spacial score (nSPS) is 16.8. The van der Waals surface area contributed by atoms with Crippen molar-refractivity contribution in [3.05, 3.63) is 12.0 Å². The first-order valence-corrected chi connectivity index (χ1v) is 6.48. The van der Waals surface area contributed by atoms with Gasteiger partial charge in [0.15, 0.2) is 5.71 Å². The fourth-order valence-corrected chi connectivity index (χ4v) is 2.33. The Balaban J connectivity index is 2.72. The third kappa shape index (κ3) is 2.79. The minimum Gasteiger partial charge on any atom is -0.395 e. The summed E-state index contributed by atoms with van der Waals surface area (Å²) >= 11 is 0. The van der Waals surface area contributed by atoms with Crippen LogP contribution in [0.4, 0.5) is 19.0 Å². The number of carbonyl (C=O) groups is 2. The zero-order chi connectivity index (χ0) is 17.6. The van der Waals surface area contributed by atoms with E-state index >= 15 is 0 Å². The van der Waals surface area contributed by atoms with Crippen LogP contribution < -0.4 is 10.6 Å². The molecule has 2 rings (SSSR count). The zero-order valence-electron chi connectivity index (χ0n) is 12.3. The second-order valence-electron chi connectivity index (χ2n) is 5.29. The highest BCUT2D eigenvalue weighted by atomic mass is 19.4. The van der Waals surface area contributed by atoms with E-state index in [1.165, 1.54) is 13.8 Å². The first-order valence-electron chi connectivity index (χ1n) is 6.48. The van der Waals surface area contributed by atoms with E-state index in [1.807, 2.05) is 0 Å². The third-order valence-corrected chi connectivity index (χ3v) is 3.20. The van der Waals surface area contributed by atoms with Gasteiger partial charge < -0.3 is 15.4 Å². The number of nitrogens with zero attached hydrogens (tertiary/aromatic N) is 4. The standard InChI is InChI=1S/C12H14F3N5O3/c1-11(2)18-6(8(16)22)7-9(19(3-4-21)5-17-7)20(11)10(23)12(13,14)15/h5,21H,3-4H2,1-2H3,(H2,16,22). The second-order valence-corrected chi connectivity index (χ2v) is 5.29. The van der Waals surface area contributed by atoms with Crippen LogP contribution in [0.25, 0.3) is 0 Å². The van der Waals surface area contributed by atoms with Crippen molar-refractivity contribution in [3.63, 3.8) is 0 Å². The number of aliphatic imine (C=N–C) groups is 1. The predicted octanol–water partition coefficient (Wildman–Crippen LogP) is -0.205. The maximum Gasteiger partial charge on any atom is 0.471 e. The van der Waals surface area contributed by atoms with E-state index in [0.717, 1.165) is 10.9 Å². The molecule has 0 saturated heterocycles. The van der Waals surface area contributed by atoms with Crippen LogP contribution in [-0.4, -0.2) is 50.6 Å². The van der Waals surface area contributed by atoms with E-state index in [2.05, 4.69) is 9.98 Å². The van der Waals surface area contributed by atoms with Crippen molar-refractivity contribution in [1.82, 2.24) is 9.55 Å². The number of primary amides is 1. The molecule has 11 heteroatoms. The molecule has 126 valence electrons. The predicted molar refractivity (Wildman–Crippen MR) is 72.7 cm³/mol. The molecule has 0 atom stereocenters. The number of fused-ring (bicyclic) bond motifs is 1. The lowest BCUT2D eigenvalue weighted by atomic mass is 10.1. The van der Waals surface area contributed by atoms with Crippen LogP contribution >= 0.6 is 0 Å². The summed E-state index contributed by atoms with van der Waals surface area (Å²) in [6.45, 7) is 1.95. The molecule has 0 bridgehead atoms. The Morgan fingerprint density at radius 2 is 2.00 bits per heavy atom. The van der Waals surface area contributed by atoms with Crippen LogP contribution in [0.3, 0.4) is 0 Å². The van der Waals surface area contributed by atoms with E-state index in [9.17, 15) is 22.8 Å². The fourth-order valence-electron chi connectivity index (χ4n) is 2.33. The number of halogens is 3. The molecule has 0 unspecified atom stereocenters. The van der Waals surface area contributed by atoms with Gasteiger partial charge in [0.1, 0.15) is 17.2 Å². The molecule has 0 saturated carbocycles. The number of aromatic nitrogens is 2. The Morgan fingerprint density at radius 3 is 2.48 bits per heavy atom. The van der Waals surface area contributed by atoms with Gasteiger partial charge in [0.25, 0.3) is 5.91 Å². The van der Waals surface area contributed by atoms with Gasteiger partial charge in [-0.05, 0) is 13.8 Å². The van der Waals surface area contributed by atoms with Crippen LogP contribution in [0.5, 0.6) is 0 Å². The third-order valence-electron chi connectivity index (χ3n) is 3.20. The molecule has 1 aromatic rings. The van der Waals surface area contributed by atoms with Gasteiger partial charge in [0.2, 0.25) is 0 Å². The number of amides is 2. The molecule has 23 heavy (non-hydrogen) atoms. The van der Waals surface area contributed by atoms with Crippen molar-refractivity contribution in [3.8, 4) is 0 Å². The number of rotatable bonds is 3. The van der Waals surface area contributed by atoms with Crippen LogP contribution in [0.15, 0.2) is 11.3 Å². The molecule has 1 aliphatic rings. The van der Waals surface area contributed by atoms with Gasteiger partial charge in [-0.3, -0.25) is 14.5 Å². The monoisotopic (exact) mass is 333 g/mol. The summed E-state index contributed by atoms with van der Waals surface area (Å²) in [7, 11) is 0. The highest BCUT2D eigenvalue weighted by Crippen LogP contribution is 2.37. The molecule has 0 radical (unpaired) electrons. The molecule has 0 aliphatic carbocycles. The molecule has 1 aromatic heterocycles. The Bertz CT molecular complexity index is 693. The molecule has 0 aromatic carbocycles. The van der Waals surface area contributed by atoms with Crippen LogP contribution in [0.1, 0.15) is 19.5 Å². The average molecular weight is 333 g/mol. The smallest absolute Gasteiger partial charge is 0.395 e. The second kappa shape index (κ2) is 5.33. The highest BCUT2D eigenvalue weighted by molar-refractivity contribution is 6.46. The minimum atomic E-state index is -5.15. The summed E-state index contributed by atoms with van der Waals surface area (Å²) in [5, 5.41) is 9.03. The number of anilines is 1. The van der Waals surface area contributed by atoms with Crippen molar-refractivity contribution < 1.29 is 27.9 Å². The number of aliphatic hydroxyl groups is 1. The quantitative estimate of drug-likeness (QED) is 0.797. The number of alkyl halides is 3. The summed E-state index contributed by atoms with van der Waals surface area (Å²) in [5.41, 5.74) is 2.93. The van der Waals surface area contributed by atoms with Gasteiger partial charge in [-0.2, -0.15) is 13.2 Å². The lowest BCUT2D eigenvalue weighted by Crippen LogP contribution is -2.56. The number of nitrogens with two attached hydrogens (primary N) is 1. The van der Waals surface area contributed by atoms with Gasteiger partial charge in [-0.1, -0.05) is 0 Å². The summed E-state index contributed by atoms with van der Waals surface area (Å²) in [6.07, 6.45) is -4.04. The summed E-state index contributed by atoms with van der Waals surface area (Å²) in [5.74, 6) is -3.42. The van der Waals surface area contributed by atoms with E-state index in [-0.39, 0.29) is 23.8 Å². The van der Waals surface area contributed by atoms with Crippen molar-refractivity contribution in [2.75, 3.05) is 11.5 Å². The maximum absolute atomic E-state index is 12.9. The van der Waals surface area contributed by atoms with E-state index in [4.69, 9.17) is 10.8 Å². The van der Waals surface area contributed by atoms with Gasteiger partial charge in [0.05, 0.1) is 12.9 Å². The van der Waals surface area contributed by atoms with Crippen molar-refractivity contribution in [2.24, 2.45) is 10.7 Å². The number of aliphatic hydroxyl groups excluding tert-OH is 1. The van der Waals surface area contributed by atoms with Crippen molar-refractivity contribution >= 4 is 23.3 Å². The number of hydrogen-bond acceptors (Lipinski definition) is 5. The fraction of sp³-hybridized carbons (Fsp3) is 0.500. The topological polar surface area (TPSA) is 114 Å². The van der Waals surface area contributed by atoms with E-state index in [0.29, 0.717) is 4.90 Å². The average Bonchev–Trinajstić information content (AvgIpc) is 2.79. The van der Waals surface area contributed by atoms with E-state index in [1.54, 1.807) is 0 Å². The number of carbonyl (C=O) groups excluding carboxylic acids is 2. The van der Waals surface area contributed by atoms with Crippen molar-refractivity contribution in [1.29, 1.82) is 0 Å². The van der Waals surface area contributed by atoms with Gasteiger partial charge in [0, 0.05) is 6.54 Å². The molecule has 2 heterocycles. The number of imidazole rings is 1. The highest BCUT2D eigenvalue weighted by Gasteiger charge is 2.52. The Kier molecular flexibility index (Phi) is 3.93. The molecule has 0 fully saturated rings. The molecular formula is C12H14F3N5O3. The van der Waals surface area contributed by atoms with Crippen LogP contribution in [-0.2, 0) is 16.1 Å². The lowest BCUT2D eigenvalue weighted by molar-refractivity contribution is -0.171. The summed E-state index contributed by atoms with van der Waals surface area (Å²) in [6, 6.07) is 0. The van der Waals surface area contributed by atoms with Crippen molar-refractivity contribution in [2.45, 2.75) is 32.2 Å². The van der Waals surface area contributed by atoms with Crippen LogP contribution in [0.2, 0.25) is 0 Å². The largest absolute Gasteiger partial charge is 0.471 e. The van der Waals surface area contributed by atoms with Gasteiger partial charge >= 0.3 is 12.1 Å². The lowest BCUT2D eigenvalue weighted by Gasteiger charge is -2.39. The Morgan fingerprint density at radius 1 is 1.39 bits per heavy atom. The first kappa shape index (κ1) is 16.9. The molecule has 2 amide bonds. The molecule has 8 nitrogen and oxygen atoms in total. The summed E-state index contributed by atoms with van der Waals surface area (Å²) < 4.78 is 40.0. The Labute approximate surface area is 128 Å². The molecule has 0 spiro atoms. The first-order chi connectivity index (χ1) is 10.5.